The predicted molar refractivity (Wildman–Crippen MR) is 177 cm³/mol. The van der Waals surface area contributed by atoms with E-state index in [4.69, 9.17) is 9.47 Å². The van der Waals surface area contributed by atoms with Crippen LogP contribution in [-0.4, -0.2) is 40.6 Å². The van der Waals surface area contributed by atoms with Gasteiger partial charge >= 0.3 is 0 Å². The molecule has 1 aliphatic heterocycles. The number of fused-ring (bicyclic) bond motifs is 1. The number of hydrogen-bond donors (Lipinski definition) is 2. The third kappa shape index (κ3) is 6.97. The molecule has 6 rings (SSSR count). The lowest BCUT2D eigenvalue weighted by Crippen LogP contribution is -2.44. The highest BCUT2D eigenvalue weighted by atomic mass is 16.7. The molecule has 0 saturated carbocycles. The molecule has 0 aliphatic carbocycles. The third-order valence-electron chi connectivity index (χ3n) is 8.87. The molecule has 2 heterocycles. The second-order valence-corrected chi connectivity index (χ2v) is 11.9. The van der Waals surface area contributed by atoms with Crippen LogP contribution in [0.1, 0.15) is 64.9 Å². The van der Waals surface area contributed by atoms with Gasteiger partial charge < -0.3 is 19.9 Å². The van der Waals surface area contributed by atoms with Crippen LogP contribution in [0.5, 0.6) is 0 Å². The molecule has 0 spiro atoms. The Balaban J connectivity index is 1.22. The molecule has 5 atom stereocenters. The van der Waals surface area contributed by atoms with E-state index in [1.54, 1.807) is 24.5 Å². The molecule has 0 unspecified atom stereocenters. The fraction of sp³-hybridized carbons (Fsp3) is 0.263. The second-order valence-electron chi connectivity index (χ2n) is 11.9. The summed E-state index contributed by atoms with van der Waals surface area (Å²) in [6.45, 7) is 5.11. The number of aliphatic hydroxyl groups excluding tert-OH is 1. The van der Waals surface area contributed by atoms with Crippen molar-refractivity contribution in [2.24, 2.45) is 5.92 Å². The number of carbonyl (C=O) groups excluding carboxylic acids is 1. The first-order chi connectivity index (χ1) is 21.9. The molecular formula is C38H39N3O4. The maximum atomic E-state index is 12.6. The van der Waals surface area contributed by atoms with E-state index in [0.29, 0.717) is 17.8 Å². The molecule has 1 fully saturated rings. The first-order valence-corrected chi connectivity index (χ1v) is 15.4. The van der Waals surface area contributed by atoms with Crippen LogP contribution in [-0.2, 0) is 16.1 Å². The summed E-state index contributed by atoms with van der Waals surface area (Å²) in [5.41, 5.74) is 5.20. The second kappa shape index (κ2) is 13.7. The Labute approximate surface area is 264 Å². The zero-order chi connectivity index (χ0) is 31.3. The number of nitrogens with one attached hydrogen (secondary N) is 1. The zero-order valence-corrected chi connectivity index (χ0v) is 25.8. The summed E-state index contributed by atoms with van der Waals surface area (Å²) in [6.07, 6.45) is 2.25. The minimum atomic E-state index is -0.596. The Morgan fingerprint density at radius 1 is 0.911 bits per heavy atom. The van der Waals surface area contributed by atoms with Crippen LogP contribution in [0.4, 0.5) is 5.69 Å². The molecule has 230 valence electrons. The van der Waals surface area contributed by atoms with Gasteiger partial charge in [0.15, 0.2) is 6.29 Å². The monoisotopic (exact) mass is 601 g/mol. The SMILES string of the molecule is C[C@@H]1[C@H](CN(C)[C@H](C)c2ccc3ccccc3c2)O[C@H](c2ccc(NC(=O)c3cccnc3)cc2)O[C@@H]1c1ccc(CO)cc1. The van der Waals surface area contributed by atoms with Crippen molar-refractivity contribution >= 4 is 22.4 Å². The zero-order valence-electron chi connectivity index (χ0n) is 25.8. The molecule has 4 aromatic carbocycles. The lowest BCUT2D eigenvalue weighted by molar-refractivity contribution is -0.276. The number of rotatable bonds is 9. The number of anilines is 1. The van der Waals surface area contributed by atoms with Crippen molar-refractivity contribution in [1.29, 1.82) is 0 Å². The van der Waals surface area contributed by atoms with Crippen molar-refractivity contribution in [2.45, 2.75) is 45.0 Å². The van der Waals surface area contributed by atoms with E-state index < -0.39 is 6.29 Å². The molecule has 7 heteroatoms. The van der Waals surface area contributed by atoms with E-state index >= 15 is 0 Å². The molecule has 1 aromatic heterocycles. The fourth-order valence-corrected chi connectivity index (χ4v) is 5.92. The highest BCUT2D eigenvalue weighted by Crippen LogP contribution is 2.42. The average molecular weight is 602 g/mol. The molecule has 7 nitrogen and oxygen atoms in total. The van der Waals surface area contributed by atoms with E-state index in [1.807, 2.05) is 48.5 Å². The van der Waals surface area contributed by atoms with Gasteiger partial charge in [0.2, 0.25) is 0 Å². The summed E-state index contributed by atoms with van der Waals surface area (Å²) in [5, 5.41) is 15.0. The van der Waals surface area contributed by atoms with Crippen LogP contribution in [0.15, 0.2) is 116 Å². The number of aromatic nitrogens is 1. The van der Waals surface area contributed by atoms with Crippen LogP contribution < -0.4 is 5.32 Å². The van der Waals surface area contributed by atoms with E-state index in [2.05, 4.69) is 78.6 Å². The topological polar surface area (TPSA) is 83.9 Å². The van der Waals surface area contributed by atoms with Gasteiger partial charge in [-0.15, -0.1) is 0 Å². The maximum absolute atomic E-state index is 12.6. The molecular weight excluding hydrogens is 562 g/mol. The van der Waals surface area contributed by atoms with Gasteiger partial charge in [-0.2, -0.15) is 0 Å². The number of amides is 1. The third-order valence-corrected chi connectivity index (χ3v) is 8.87. The lowest BCUT2D eigenvalue weighted by Gasteiger charge is -2.43. The summed E-state index contributed by atoms with van der Waals surface area (Å²) in [5.74, 6) is -0.157. The molecule has 5 aromatic rings. The normalized spacial score (nSPS) is 20.6. The van der Waals surface area contributed by atoms with Gasteiger partial charge in [0.05, 0.1) is 24.4 Å². The van der Waals surface area contributed by atoms with Gasteiger partial charge in [-0.05, 0) is 71.8 Å². The summed E-state index contributed by atoms with van der Waals surface area (Å²) < 4.78 is 13.3. The number of pyridine rings is 1. The maximum Gasteiger partial charge on any atom is 0.257 e. The molecule has 2 N–H and O–H groups in total. The van der Waals surface area contributed by atoms with Gasteiger partial charge in [0.1, 0.15) is 0 Å². The Kier molecular flexibility index (Phi) is 9.33. The smallest absolute Gasteiger partial charge is 0.257 e. The molecule has 1 amide bonds. The van der Waals surface area contributed by atoms with Gasteiger partial charge in [-0.3, -0.25) is 14.7 Å². The number of nitrogens with zero attached hydrogens (tertiary/aromatic N) is 2. The Hall–Kier alpha value is -4.40. The molecule has 0 bridgehead atoms. The number of hydrogen-bond acceptors (Lipinski definition) is 6. The number of likely N-dealkylation sites (N-methyl/N-ethyl adjacent to an activating group) is 1. The van der Waals surface area contributed by atoms with Crippen LogP contribution >= 0.6 is 0 Å². The van der Waals surface area contributed by atoms with Gasteiger partial charge in [-0.1, -0.05) is 79.7 Å². The van der Waals surface area contributed by atoms with Crippen LogP contribution in [0.25, 0.3) is 10.8 Å². The first kappa shape index (κ1) is 30.6. The van der Waals surface area contributed by atoms with E-state index in [1.165, 1.54) is 16.3 Å². The van der Waals surface area contributed by atoms with E-state index in [-0.39, 0.29) is 36.7 Å². The van der Waals surface area contributed by atoms with Gasteiger partial charge in [0, 0.05) is 42.1 Å². The highest BCUT2D eigenvalue weighted by molar-refractivity contribution is 6.04. The largest absolute Gasteiger partial charge is 0.392 e. The fourth-order valence-electron chi connectivity index (χ4n) is 5.92. The summed E-state index contributed by atoms with van der Waals surface area (Å²) in [6, 6.07) is 34.3. The standard InChI is InChI=1S/C38H39N3O4/c1-25-35(23-41(3)26(2)31-15-14-28-7-4-5-8-32(28)21-31)44-38(45-36(25)29-12-10-27(24-42)11-13-29)30-16-18-34(19-17-30)40-37(43)33-9-6-20-39-22-33/h4-22,25-26,35-36,38,42H,23-24H2,1-3H3,(H,40,43)/t25-,26-,35+,36+,38+/m1/s1. The quantitative estimate of drug-likeness (QED) is 0.182. The minimum absolute atomic E-state index is 0.00313. The van der Waals surface area contributed by atoms with Crippen molar-refractivity contribution in [2.75, 3.05) is 18.9 Å². The minimum Gasteiger partial charge on any atom is -0.392 e. The molecule has 1 saturated heterocycles. The number of ether oxygens (including phenoxy) is 2. The first-order valence-electron chi connectivity index (χ1n) is 15.4. The van der Waals surface area contributed by atoms with Crippen LogP contribution in [0.2, 0.25) is 0 Å². The van der Waals surface area contributed by atoms with E-state index in [0.717, 1.165) is 16.7 Å². The lowest BCUT2D eigenvalue weighted by atomic mass is 9.89. The van der Waals surface area contributed by atoms with Crippen molar-refractivity contribution in [3.05, 3.63) is 143 Å². The van der Waals surface area contributed by atoms with Crippen molar-refractivity contribution in [1.82, 2.24) is 9.88 Å². The number of carbonyl (C=O) groups is 1. The summed E-state index contributed by atoms with van der Waals surface area (Å²) in [4.78, 5) is 19.0. The van der Waals surface area contributed by atoms with Crippen molar-refractivity contribution < 1.29 is 19.4 Å². The molecule has 45 heavy (non-hydrogen) atoms. The Morgan fingerprint density at radius 3 is 2.36 bits per heavy atom. The molecule has 0 radical (unpaired) electrons. The van der Waals surface area contributed by atoms with Crippen molar-refractivity contribution in [3.8, 4) is 0 Å². The van der Waals surface area contributed by atoms with Gasteiger partial charge in [-0.25, -0.2) is 0 Å². The van der Waals surface area contributed by atoms with Crippen molar-refractivity contribution in [3.63, 3.8) is 0 Å². The summed E-state index contributed by atoms with van der Waals surface area (Å²) in [7, 11) is 2.14. The van der Waals surface area contributed by atoms with E-state index in [9.17, 15) is 9.90 Å². The van der Waals surface area contributed by atoms with Crippen LogP contribution in [0, 0.1) is 5.92 Å². The predicted octanol–water partition coefficient (Wildman–Crippen LogP) is 7.46. The highest BCUT2D eigenvalue weighted by Gasteiger charge is 2.39. The number of aliphatic hydroxyl groups is 1. The molecule has 1 aliphatic rings. The Morgan fingerprint density at radius 2 is 1.64 bits per heavy atom. The summed E-state index contributed by atoms with van der Waals surface area (Å²) >= 11 is 0. The average Bonchev–Trinajstić information content (AvgIpc) is 3.09. The Bertz CT molecular complexity index is 1730. The van der Waals surface area contributed by atoms with Crippen LogP contribution in [0.3, 0.4) is 0 Å². The number of benzene rings is 4. The van der Waals surface area contributed by atoms with Gasteiger partial charge in [0.25, 0.3) is 5.91 Å².